The van der Waals surface area contributed by atoms with E-state index in [1.165, 1.54) is 0 Å². The molecular formula is C25H37N4O5P. The predicted molar refractivity (Wildman–Crippen MR) is 139 cm³/mol. The van der Waals surface area contributed by atoms with Crippen LogP contribution in [0.25, 0.3) is 0 Å². The van der Waals surface area contributed by atoms with Crippen molar-refractivity contribution in [2.45, 2.75) is 52.1 Å². The number of nitrogens with zero attached hydrogens (tertiary/aromatic N) is 3. The van der Waals surface area contributed by atoms with Gasteiger partial charge in [-0.25, -0.2) is 4.57 Å². The van der Waals surface area contributed by atoms with E-state index in [0.29, 0.717) is 24.2 Å². The third kappa shape index (κ3) is 11.6. The van der Waals surface area contributed by atoms with Gasteiger partial charge in [-0.15, -0.1) is 0 Å². The third-order valence-corrected chi connectivity index (χ3v) is 6.06. The van der Waals surface area contributed by atoms with Crippen LogP contribution in [-0.4, -0.2) is 43.6 Å². The van der Waals surface area contributed by atoms with E-state index in [0.717, 1.165) is 30.6 Å². The van der Waals surface area contributed by atoms with Gasteiger partial charge >= 0.3 is 7.82 Å². The van der Waals surface area contributed by atoms with Gasteiger partial charge in [0.25, 0.3) is 5.91 Å². The Hall–Kier alpha value is -2.58. The molecule has 0 aliphatic rings. The quantitative estimate of drug-likeness (QED) is 0.186. The summed E-state index contributed by atoms with van der Waals surface area (Å²) in [6, 6.07) is 14.7. The minimum atomic E-state index is -4.02. The van der Waals surface area contributed by atoms with Gasteiger partial charge < -0.3 is 15.1 Å². The number of benzene rings is 2. The van der Waals surface area contributed by atoms with Crippen molar-refractivity contribution in [2.75, 3.05) is 32.1 Å². The summed E-state index contributed by atoms with van der Waals surface area (Å²) in [5.74, 6) is -0.142. The monoisotopic (exact) mass is 504 g/mol. The second-order valence-corrected chi connectivity index (χ2v) is 10.7. The maximum absolute atomic E-state index is 12.3. The number of phosphoric acid groups is 1. The number of hydrogen-bond acceptors (Lipinski definition) is 7. The van der Waals surface area contributed by atoms with Gasteiger partial charge in [-0.1, -0.05) is 12.8 Å². The van der Waals surface area contributed by atoms with Gasteiger partial charge in [-0.05, 0) is 82.1 Å². The predicted octanol–water partition coefficient (Wildman–Crippen LogP) is 6.39. The summed E-state index contributed by atoms with van der Waals surface area (Å²) in [6.45, 7) is 5.79. The first-order valence-electron chi connectivity index (χ1n) is 11.7. The molecule has 9 nitrogen and oxygen atoms in total. The van der Waals surface area contributed by atoms with Gasteiger partial charge in [0.05, 0.1) is 23.6 Å². The average molecular weight is 505 g/mol. The molecule has 10 heteroatoms. The van der Waals surface area contributed by atoms with Crippen LogP contribution in [0.2, 0.25) is 0 Å². The molecule has 0 heterocycles. The molecule has 1 unspecified atom stereocenters. The van der Waals surface area contributed by atoms with Crippen LogP contribution >= 0.6 is 7.82 Å². The Morgan fingerprint density at radius 2 is 1.49 bits per heavy atom. The van der Waals surface area contributed by atoms with Crippen molar-refractivity contribution in [1.29, 1.82) is 0 Å². The Balaban J connectivity index is 1.64. The molecule has 192 valence electrons. The zero-order chi connectivity index (χ0) is 25.9. The van der Waals surface area contributed by atoms with Gasteiger partial charge in [-0.3, -0.25) is 13.8 Å². The van der Waals surface area contributed by atoms with Gasteiger partial charge in [0.2, 0.25) is 0 Å². The fraction of sp³-hybridized carbons (Fsp3) is 0.480. The molecule has 1 amide bonds. The number of nitrogens with one attached hydrogen (secondary N) is 1. The number of unbranched alkanes of at least 4 members (excludes halogenated alkanes) is 3. The summed E-state index contributed by atoms with van der Waals surface area (Å²) in [5.41, 5.74) is 2.33. The number of carbonyl (C=O) groups excluding carboxylic acids is 1. The molecule has 2 aromatic rings. The largest absolute Gasteiger partial charge is 0.472 e. The normalized spacial score (nSPS) is 13.5. The number of rotatable bonds is 13. The van der Waals surface area contributed by atoms with Crippen LogP contribution < -0.4 is 10.2 Å². The van der Waals surface area contributed by atoms with Crippen LogP contribution in [0.5, 0.6) is 0 Å². The molecule has 2 aromatic carbocycles. The fourth-order valence-electron chi connectivity index (χ4n) is 3.05. The van der Waals surface area contributed by atoms with Crippen LogP contribution in [0.15, 0.2) is 58.8 Å². The second kappa shape index (κ2) is 13.5. The third-order valence-electron chi connectivity index (χ3n) is 4.78. The second-order valence-electron chi connectivity index (χ2n) is 9.33. The van der Waals surface area contributed by atoms with Gasteiger partial charge in [-0.2, -0.15) is 10.2 Å². The molecule has 35 heavy (non-hydrogen) atoms. The van der Waals surface area contributed by atoms with E-state index in [1.807, 2.05) is 43.3 Å². The van der Waals surface area contributed by atoms with Gasteiger partial charge in [0, 0.05) is 31.9 Å². The SMILES string of the molecule is CN(C)c1ccc(/N=N/c2ccc(C(=O)NCCCCCCOP(=O)(O)OC(C)(C)C)cc2)cc1. The van der Waals surface area contributed by atoms with Crippen LogP contribution in [0.4, 0.5) is 17.1 Å². The molecule has 1 atom stereocenters. The molecule has 0 aliphatic carbocycles. The molecule has 2 N–H and O–H groups in total. The van der Waals surface area contributed by atoms with Crippen molar-refractivity contribution in [3.63, 3.8) is 0 Å². The van der Waals surface area contributed by atoms with Crippen LogP contribution in [0, 0.1) is 0 Å². The number of anilines is 1. The molecule has 0 saturated carbocycles. The van der Waals surface area contributed by atoms with E-state index >= 15 is 0 Å². The van der Waals surface area contributed by atoms with E-state index in [1.54, 1.807) is 45.0 Å². The standard InChI is InChI=1S/C25H37N4O5P/c1-25(2,3)34-35(31,32)33-19-9-7-6-8-18-26-24(30)20-10-12-21(13-11-20)27-28-22-14-16-23(17-15-22)29(4)5/h10-17H,6-9,18-19H2,1-5H3,(H,26,30)(H,31,32)/b28-27+. The molecule has 0 radical (unpaired) electrons. The summed E-state index contributed by atoms with van der Waals surface area (Å²) in [5, 5.41) is 11.4. The van der Waals surface area contributed by atoms with Crippen molar-refractivity contribution in [1.82, 2.24) is 5.32 Å². The van der Waals surface area contributed by atoms with Crippen molar-refractivity contribution in [3.05, 3.63) is 54.1 Å². The number of azo groups is 1. The van der Waals surface area contributed by atoms with E-state index in [9.17, 15) is 14.3 Å². The molecular weight excluding hydrogens is 467 g/mol. The van der Waals surface area contributed by atoms with Crippen molar-refractivity contribution >= 4 is 30.8 Å². The zero-order valence-electron chi connectivity index (χ0n) is 21.2. The topological polar surface area (TPSA) is 113 Å². The lowest BCUT2D eigenvalue weighted by atomic mass is 10.2. The molecule has 0 bridgehead atoms. The van der Waals surface area contributed by atoms with Gasteiger partial charge in [0.1, 0.15) is 0 Å². The van der Waals surface area contributed by atoms with E-state index in [-0.39, 0.29) is 12.5 Å². The van der Waals surface area contributed by atoms with Crippen LogP contribution in [0.3, 0.4) is 0 Å². The molecule has 0 spiro atoms. The summed E-state index contributed by atoms with van der Waals surface area (Å²) in [7, 11) is -0.0605. The minimum absolute atomic E-state index is 0.142. The maximum Gasteiger partial charge on any atom is 0.472 e. The van der Waals surface area contributed by atoms with Crippen LogP contribution in [-0.2, 0) is 13.6 Å². The highest BCUT2D eigenvalue weighted by atomic mass is 31.2. The summed E-state index contributed by atoms with van der Waals surface area (Å²) in [4.78, 5) is 24.0. The van der Waals surface area contributed by atoms with Crippen molar-refractivity contribution in [3.8, 4) is 0 Å². The van der Waals surface area contributed by atoms with E-state index < -0.39 is 13.4 Å². The molecule has 0 aromatic heterocycles. The Bertz CT molecular complexity index is 1000. The first-order valence-corrected chi connectivity index (χ1v) is 13.2. The van der Waals surface area contributed by atoms with Crippen LogP contribution in [0.1, 0.15) is 56.8 Å². The van der Waals surface area contributed by atoms with Crippen molar-refractivity contribution in [2.24, 2.45) is 10.2 Å². The maximum atomic E-state index is 12.3. The first kappa shape index (κ1) is 28.7. The minimum Gasteiger partial charge on any atom is -0.378 e. The highest BCUT2D eigenvalue weighted by Crippen LogP contribution is 2.47. The Morgan fingerprint density at radius 3 is 2.03 bits per heavy atom. The number of hydrogen-bond donors (Lipinski definition) is 2. The smallest absolute Gasteiger partial charge is 0.378 e. The average Bonchev–Trinajstić information content (AvgIpc) is 2.78. The summed E-state index contributed by atoms with van der Waals surface area (Å²) >= 11 is 0. The lowest BCUT2D eigenvalue weighted by Gasteiger charge is -2.22. The first-order chi connectivity index (χ1) is 16.5. The molecule has 2 rings (SSSR count). The Labute approximate surface area is 208 Å². The lowest BCUT2D eigenvalue weighted by Crippen LogP contribution is -2.24. The highest BCUT2D eigenvalue weighted by molar-refractivity contribution is 7.47. The van der Waals surface area contributed by atoms with E-state index in [2.05, 4.69) is 15.5 Å². The molecule has 0 fully saturated rings. The lowest BCUT2D eigenvalue weighted by molar-refractivity contribution is 0.0610. The van der Waals surface area contributed by atoms with E-state index in [4.69, 9.17) is 9.05 Å². The fourth-order valence-corrected chi connectivity index (χ4v) is 4.15. The number of carbonyl (C=O) groups is 1. The molecule has 0 aliphatic heterocycles. The Morgan fingerprint density at radius 1 is 0.943 bits per heavy atom. The highest BCUT2D eigenvalue weighted by Gasteiger charge is 2.28. The number of amides is 1. The molecule has 0 saturated heterocycles. The summed E-state index contributed by atoms with van der Waals surface area (Å²) in [6.07, 6.45) is 3.14. The summed E-state index contributed by atoms with van der Waals surface area (Å²) < 4.78 is 21.8. The van der Waals surface area contributed by atoms with Gasteiger partial charge in [0.15, 0.2) is 0 Å². The Kier molecular flexibility index (Phi) is 11.0. The zero-order valence-corrected chi connectivity index (χ0v) is 22.1. The van der Waals surface area contributed by atoms with Crippen molar-refractivity contribution < 1.29 is 23.3 Å². The number of phosphoric ester groups is 1.